The predicted molar refractivity (Wildman–Crippen MR) is 86.6 cm³/mol. The first-order valence-electron chi connectivity index (χ1n) is 7.58. The molecule has 0 bridgehead atoms. The van der Waals surface area contributed by atoms with Gasteiger partial charge in [0.15, 0.2) is 0 Å². The lowest BCUT2D eigenvalue weighted by molar-refractivity contribution is 0.0947. The summed E-state index contributed by atoms with van der Waals surface area (Å²) >= 11 is 0. The smallest absolute Gasteiger partial charge is 0.251 e. The Bertz CT molecular complexity index is 802. The molecule has 0 aliphatic carbocycles. The summed E-state index contributed by atoms with van der Waals surface area (Å²) in [5, 5.41) is 6.70. The van der Waals surface area contributed by atoms with Gasteiger partial charge in [0.25, 0.3) is 5.91 Å². The molecule has 1 amide bonds. The van der Waals surface area contributed by atoms with Crippen LogP contribution in [-0.2, 0) is 13.2 Å². The number of nitrogens with one attached hydrogen (secondary N) is 1. The van der Waals surface area contributed by atoms with Crippen molar-refractivity contribution in [3.05, 3.63) is 71.0 Å². The van der Waals surface area contributed by atoms with Gasteiger partial charge in [-0.05, 0) is 44.2 Å². The Labute approximate surface area is 139 Å². The lowest BCUT2D eigenvalue weighted by Gasteiger charge is -2.08. The quantitative estimate of drug-likeness (QED) is 0.751. The minimum atomic E-state index is -0.186. The third-order valence-corrected chi connectivity index (χ3v) is 3.66. The third kappa shape index (κ3) is 3.65. The van der Waals surface area contributed by atoms with Gasteiger partial charge in [0.1, 0.15) is 23.9 Å². The number of aromatic nitrogens is 1. The van der Waals surface area contributed by atoms with E-state index in [1.54, 1.807) is 30.5 Å². The number of hydrogen-bond donors (Lipinski definition) is 1. The Morgan fingerprint density at radius 3 is 2.83 bits per heavy atom. The Hall–Kier alpha value is -3.02. The molecule has 2 aromatic heterocycles. The SMILES string of the molecule is Cc1noc(C)c1COc1cccc(C(=O)NCc2ccco2)c1. The summed E-state index contributed by atoms with van der Waals surface area (Å²) in [6.07, 6.45) is 1.57. The minimum absolute atomic E-state index is 0.186. The van der Waals surface area contributed by atoms with Crippen LogP contribution in [0.4, 0.5) is 0 Å². The molecule has 1 aromatic carbocycles. The molecule has 124 valence electrons. The number of nitrogens with zero attached hydrogens (tertiary/aromatic N) is 1. The van der Waals surface area contributed by atoms with Crippen LogP contribution in [0.15, 0.2) is 51.6 Å². The van der Waals surface area contributed by atoms with E-state index in [4.69, 9.17) is 13.7 Å². The lowest BCUT2D eigenvalue weighted by atomic mass is 10.2. The van der Waals surface area contributed by atoms with Gasteiger partial charge < -0.3 is 19.0 Å². The van der Waals surface area contributed by atoms with Gasteiger partial charge in [-0.25, -0.2) is 0 Å². The van der Waals surface area contributed by atoms with Gasteiger partial charge in [0.2, 0.25) is 0 Å². The van der Waals surface area contributed by atoms with Gasteiger partial charge in [-0.1, -0.05) is 11.2 Å². The normalized spacial score (nSPS) is 10.6. The highest BCUT2D eigenvalue weighted by Crippen LogP contribution is 2.18. The minimum Gasteiger partial charge on any atom is -0.489 e. The molecule has 0 saturated heterocycles. The maximum Gasteiger partial charge on any atom is 0.251 e. The van der Waals surface area contributed by atoms with Crippen molar-refractivity contribution >= 4 is 5.91 Å². The van der Waals surface area contributed by atoms with E-state index in [9.17, 15) is 4.79 Å². The van der Waals surface area contributed by atoms with Crippen LogP contribution in [0.5, 0.6) is 5.75 Å². The van der Waals surface area contributed by atoms with Crippen LogP contribution < -0.4 is 10.1 Å². The van der Waals surface area contributed by atoms with E-state index in [0.29, 0.717) is 30.2 Å². The maximum atomic E-state index is 12.2. The first-order chi connectivity index (χ1) is 11.6. The van der Waals surface area contributed by atoms with Gasteiger partial charge in [-0.3, -0.25) is 4.79 Å². The number of carbonyl (C=O) groups is 1. The number of carbonyl (C=O) groups excluding carboxylic acids is 1. The number of ether oxygens (including phenoxy) is 1. The van der Waals surface area contributed by atoms with Crippen LogP contribution in [0.1, 0.15) is 33.1 Å². The third-order valence-electron chi connectivity index (χ3n) is 3.66. The molecule has 0 fully saturated rings. The molecule has 0 saturated carbocycles. The van der Waals surface area contributed by atoms with Crippen LogP contribution >= 0.6 is 0 Å². The molecule has 0 aliphatic rings. The zero-order valence-electron chi connectivity index (χ0n) is 13.5. The van der Waals surface area contributed by atoms with E-state index < -0.39 is 0 Å². The lowest BCUT2D eigenvalue weighted by Crippen LogP contribution is -2.22. The molecule has 0 unspecified atom stereocenters. The van der Waals surface area contributed by atoms with Gasteiger partial charge in [-0.2, -0.15) is 0 Å². The standard InChI is InChI=1S/C18H18N2O4/c1-12-17(13(2)24-20-12)11-23-15-6-3-5-14(9-15)18(21)19-10-16-7-4-8-22-16/h3-9H,10-11H2,1-2H3,(H,19,21). The summed E-state index contributed by atoms with van der Waals surface area (Å²) in [6.45, 7) is 4.40. The summed E-state index contributed by atoms with van der Waals surface area (Å²) in [6, 6.07) is 10.6. The van der Waals surface area contributed by atoms with E-state index in [-0.39, 0.29) is 5.91 Å². The Morgan fingerprint density at radius 1 is 1.25 bits per heavy atom. The molecular weight excluding hydrogens is 308 g/mol. The molecule has 0 radical (unpaired) electrons. The predicted octanol–water partition coefficient (Wildman–Crippen LogP) is 3.39. The molecular formula is C18H18N2O4. The Morgan fingerprint density at radius 2 is 2.12 bits per heavy atom. The van der Waals surface area contributed by atoms with Crippen LogP contribution in [0, 0.1) is 13.8 Å². The fourth-order valence-electron chi connectivity index (χ4n) is 2.27. The van der Waals surface area contributed by atoms with Crippen LogP contribution in [-0.4, -0.2) is 11.1 Å². The van der Waals surface area contributed by atoms with E-state index in [0.717, 1.165) is 17.0 Å². The van der Waals surface area contributed by atoms with Crippen LogP contribution in [0.2, 0.25) is 0 Å². The second-order valence-electron chi connectivity index (χ2n) is 5.38. The Kier molecular flexibility index (Phi) is 4.65. The molecule has 1 N–H and O–H groups in total. The zero-order chi connectivity index (χ0) is 16.9. The molecule has 6 nitrogen and oxygen atoms in total. The van der Waals surface area contributed by atoms with E-state index >= 15 is 0 Å². The summed E-state index contributed by atoms with van der Waals surface area (Å²) in [5.41, 5.74) is 2.25. The van der Waals surface area contributed by atoms with E-state index in [1.807, 2.05) is 26.0 Å². The van der Waals surface area contributed by atoms with Crippen LogP contribution in [0.25, 0.3) is 0 Å². The molecule has 0 spiro atoms. The van der Waals surface area contributed by atoms with Crippen molar-refractivity contribution in [2.75, 3.05) is 0 Å². The van der Waals surface area contributed by atoms with E-state index in [1.165, 1.54) is 0 Å². The summed E-state index contributed by atoms with van der Waals surface area (Å²) < 4.78 is 16.1. The highest BCUT2D eigenvalue weighted by Gasteiger charge is 2.11. The highest BCUT2D eigenvalue weighted by molar-refractivity contribution is 5.94. The van der Waals surface area contributed by atoms with E-state index in [2.05, 4.69) is 10.5 Å². The van der Waals surface area contributed by atoms with Crippen LogP contribution in [0.3, 0.4) is 0 Å². The maximum absolute atomic E-state index is 12.2. The average Bonchev–Trinajstić information content (AvgIpc) is 3.22. The van der Waals surface area contributed by atoms with Gasteiger partial charge >= 0.3 is 0 Å². The second-order valence-corrected chi connectivity index (χ2v) is 5.38. The van der Waals surface area contributed by atoms with Crippen molar-refractivity contribution in [3.63, 3.8) is 0 Å². The Balaban J connectivity index is 1.62. The van der Waals surface area contributed by atoms with Gasteiger partial charge in [0, 0.05) is 5.56 Å². The largest absolute Gasteiger partial charge is 0.489 e. The number of hydrogen-bond acceptors (Lipinski definition) is 5. The average molecular weight is 326 g/mol. The zero-order valence-corrected chi connectivity index (χ0v) is 13.5. The van der Waals surface area contributed by atoms with Gasteiger partial charge in [-0.15, -0.1) is 0 Å². The fourth-order valence-corrected chi connectivity index (χ4v) is 2.27. The van der Waals surface area contributed by atoms with Gasteiger partial charge in [0.05, 0.1) is 24.1 Å². The molecule has 3 aromatic rings. The van der Waals surface area contributed by atoms with Crippen molar-refractivity contribution < 1.29 is 18.5 Å². The fraction of sp³-hybridized carbons (Fsp3) is 0.222. The number of benzene rings is 1. The number of furan rings is 1. The monoisotopic (exact) mass is 326 g/mol. The van der Waals surface area contributed by atoms with Crippen molar-refractivity contribution in [2.24, 2.45) is 0 Å². The topological polar surface area (TPSA) is 77.5 Å². The molecule has 24 heavy (non-hydrogen) atoms. The van der Waals surface area contributed by atoms with Crippen molar-refractivity contribution in [3.8, 4) is 5.75 Å². The first-order valence-corrected chi connectivity index (χ1v) is 7.58. The van der Waals surface area contributed by atoms with Crippen molar-refractivity contribution in [1.29, 1.82) is 0 Å². The molecule has 6 heteroatoms. The summed E-state index contributed by atoms with van der Waals surface area (Å²) in [4.78, 5) is 12.2. The number of rotatable bonds is 6. The molecule has 0 aliphatic heterocycles. The summed E-state index contributed by atoms with van der Waals surface area (Å²) in [5.74, 6) is 1.86. The first kappa shape index (κ1) is 15.9. The molecule has 0 atom stereocenters. The van der Waals surface area contributed by atoms with Crippen molar-refractivity contribution in [2.45, 2.75) is 27.0 Å². The number of amides is 1. The number of aryl methyl sites for hydroxylation is 2. The molecule has 3 rings (SSSR count). The highest BCUT2D eigenvalue weighted by atomic mass is 16.5. The van der Waals surface area contributed by atoms with Crippen molar-refractivity contribution in [1.82, 2.24) is 10.5 Å². The molecule has 2 heterocycles. The summed E-state index contributed by atoms with van der Waals surface area (Å²) in [7, 11) is 0. The second kappa shape index (κ2) is 7.04.